The Morgan fingerprint density at radius 2 is 1.70 bits per heavy atom. The van der Waals surface area contributed by atoms with Gasteiger partial charge in [0.05, 0.1) is 11.2 Å². The lowest BCUT2D eigenvalue weighted by Gasteiger charge is -2.36. The summed E-state index contributed by atoms with van der Waals surface area (Å²) in [4.78, 5) is 20.4. The Bertz CT molecular complexity index is 823. The molecule has 0 bridgehead atoms. The van der Waals surface area contributed by atoms with Crippen molar-refractivity contribution in [3.05, 3.63) is 47.3 Å². The second-order valence-electron chi connectivity index (χ2n) is 7.93. The molecule has 1 aromatic carbocycles. The SMILES string of the molecule is O=C(CCN1CCN(c2ccccc2)CC1)NN=Cc1ccc(N2CCCCC2)s1. The number of para-hydroxylation sites is 1. The maximum atomic E-state index is 12.1. The van der Waals surface area contributed by atoms with E-state index in [1.165, 1.54) is 30.0 Å². The normalized spacial score (nSPS) is 18.1. The summed E-state index contributed by atoms with van der Waals surface area (Å²) < 4.78 is 0. The molecule has 2 aromatic rings. The van der Waals surface area contributed by atoms with Crippen LogP contribution in [0.1, 0.15) is 30.6 Å². The number of benzene rings is 1. The monoisotopic (exact) mass is 425 g/mol. The summed E-state index contributed by atoms with van der Waals surface area (Å²) >= 11 is 1.74. The molecular weight excluding hydrogens is 394 g/mol. The molecule has 0 atom stereocenters. The molecule has 4 rings (SSSR count). The smallest absolute Gasteiger partial charge is 0.241 e. The van der Waals surface area contributed by atoms with Crippen molar-refractivity contribution in [2.75, 3.05) is 55.6 Å². The molecule has 0 radical (unpaired) electrons. The number of nitrogens with one attached hydrogen (secondary N) is 1. The number of carbonyl (C=O) groups excluding carboxylic acids is 1. The first-order chi connectivity index (χ1) is 14.8. The predicted octanol–water partition coefficient (Wildman–Crippen LogP) is 3.40. The van der Waals surface area contributed by atoms with Crippen LogP contribution in [-0.4, -0.2) is 62.8 Å². The first-order valence-corrected chi connectivity index (χ1v) is 11.8. The highest BCUT2D eigenvalue weighted by molar-refractivity contribution is 7.17. The number of piperazine rings is 1. The zero-order valence-corrected chi connectivity index (χ0v) is 18.3. The Hall–Kier alpha value is -2.38. The van der Waals surface area contributed by atoms with Gasteiger partial charge < -0.3 is 9.80 Å². The fraction of sp³-hybridized carbons (Fsp3) is 0.478. The van der Waals surface area contributed by atoms with E-state index in [-0.39, 0.29) is 5.91 Å². The van der Waals surface area contributed by atoms with Gasteiger partial charge >= 0.3 is 0 Å². The van der Waals surface area contributed by atoms with Crippen LogP contribution < -0.4 is 15.2 Å². The highest BCUT2D eigenvalue weighted by Crippen LogP contribution is 2.27. The van der Waals surface area contributed by atoms with Crippen LogP contribution in [0.2, 0.25) is 0 Å². The van der Waals surface area contributed by atoms with Gasteiger partial charge in [-0.2, -0.15) is 5.10 Å². The van der Waals surface area contributed by atoms with E-state index in [1.807, 2.05) is 6.07 Å². The molecular formula is C23H31N5OS. The van der Waals surface area contributed by atoms with E-state index in [2.05, 4.69) is 61.6 Å². The number of rotatable bonds is 7. The highest BCUT2D eigenvalue weighted by Gasteiger charge is 2.17. The van der Waals surface area contributed by atoms with Crippen LogP contribution in [0, 0.1) is 0 Å². The largest absolute Gasteiger partial charge is 0.369 e. The van der Waals surface area contributed by atoms with Gasteiger partial charge in [0.15, 0.2) is 0 Å². The second-order valence-corrected chi connectivity index (χ2v) is 9.02. The molecule has 2 aliphatic heterocycles. The predicted molar refractivity (Wildman–Crippen MR) is 126 cm³/mol. The molecule has 6 nitrogen and oxygen atoms in total. The van der Waals surface area contributed by atoms with Gasteiger partial charge in [0.2, 0.25) is 5.91 Å². The van der Waals surface area contributed by atoms with Gasteiger partial charge in [-0.1, -0.05) is 18.2 Å². The standard InChI is InChI=1S/C23H31N5OS/c29-22(11-14-26-15-17-27(18-16-26)20-7-3-1-4-8-20)25-24-19-21-9-10-23(30-21)28-12-5-2-6-13-28/h1,3-4,7-10,19H,2,5-6,11-18H2,(H,25,29). The third-order valence-corrected chi connectivity index (χ3v) is 6.89. The van der Waals surface area contributed by atoms with E-state index >= 15 is 0 Å². The maximum Gasteiger partial charge on any atom is 0.241 e. The van der Waals surface area contributed by atoms with Gasteiger partial charge in [0.1, 0.15) is 0 Å². The third kappa shape index (κ3) is 5.83. The minimum atomic E-state index is -0.0236. The number of hydrogen-bond donors (Lipinski definition) is 1. The number of piperidine rings is 1. The van der Waals surface area contributed by atoms with Crippen LogP contribution in [-0.2, 0) is 4.79 Å². The van der Waals surface area contributed by atoms with Crippen molar-refractivity contribution in [2.45, 2.75) is 25.7 Å². The minimum absolute atomic E-state index is 0.0236. The Labute approximate surface area is 183 Å². The third-order valence-electron chi connectivity index (χ3n) is 5.81. The lowest BCUT2D eigenvalue weighted by molar-refractivity contribution is -0.121. The molecule has 30 heavy (non-hydrogen) atoms. The summed E-state index contributed by atoms with van der Waals surface area (Å²) in [5.74, 6) is -0.0236. The second kappa shape index (κ2) is 10.6. The first kappa shape index (κ1) is 20.9. The minimum Gasteiger partial charge on any atom is -0.369 e. The van der Waals surface area contributed by atoms with Crippen LogP contribution >= 0.6 is 11.3 Å². The number of hydrazone groups is 1. The highest BCUT2D eigenvalue weighted by atomic mass is 32.1. The average molecular weight is 426 g/mol. The van der Waals surface area contributed by atoms with E-state index in [0.717, 1.165) is 50.7 Å². The number of thiophene rings is 1. The van der Waals surface area contributed by atoms with Crippen molar-refractivity contribution >= 4 is 34.1 Å². The maximum absolute atomic E-state index is 12.1. The van der Waals surface area contributed by atoms with Crippen molar-refractivity contribution in [3.8, 4) is 0 Å². The molecule has 1 aromatic heterocycles. The summed E-state index contributed by atoms with van der Waals surface area (Å²) in [7, 11) is 0. The Morgan fingerprint density at radius 1 is 0.933 bits per heavy atom. The van der Waals surface area contributed by atoms with Gasteiger partial charge in [-0.05, 0) is 43.5 Å². The van der Waals surface area contributed by atoms with Crippen LogP contribution in [0.5, 0.6) is 0 Å². The van der Waals surface area contributed by atoms with Gasteiger partial charge in [-0.25, -0.2) is 5.43 Å². The van der Waals surface area contributed by atoms with E-state index < -0.39 is 0 Å². The van der Waals surface area contributed by atoms with Gasteiger partial charge in [0.25, 0.3) is 0 Å². The summed E-state index contributed by atoms with van der Waals surface area (Å²) in [6.45, 7) is 7.05. The lowest BCUT2D eigenvalue weighted by atomic mass is 10.1. The lowest BCUT2D eigenvalue weighted by Crippen LogP contribution is -2.47. The molecule has 3 heterocycles. The van der Waals surface area contributed by atoms with Crippen LogP contribution in [0.4, 0.5) is 10.7 Å². The fourth-order valence-electron chi connectivity index (χ4n) is 4.05. The summed E-state index contributed by atoms with van der Waals surface area (Å²) in [5, 5.41) is 5.46. The first-order valence-electron chi connectivity index (χ1n) is 11.0. The molecule has 2 aliphatic rings. The number of hydrogen-bond acceptors (Lipinski definition) is 6. The zero-order chi connectivity index (χ0) is 20.6. The van der Waals surface area contributed by atoms with E-state index in [1.54, 1.807) is 17.6 Å². The molecule has 0 spiro atoms. The van der Waals surface area contributed by atoms with Crippen LogP contribution in [0.3, 0.4) is 0 Å². The van der Waals surface area contributed by atoms with E-state index in [4.69, 9.17) is 0 Å². The quantitative estimate of drug-likeness (QED) is 0.546. The molecule has 0 aliphatic carbocycles. The van der Waals surface area contributed by atoms with Crippen molar-refractivity contribution in [1.29, 1.82) is 0 Å². The van der Waals surface area contributed by atoms with E-state index in [9.17, 15) is 4.79 Å². The molecule has 2 saturated heterocycles. The van der Waals surface area contributed by atoms with Crippen molar-refractivity contribution in [3.63, 3.8) is 0 Å². The van der Waals surface area contributed by atoms with Crippen molar-refractivity contribution in [2.24, 2.45) is 5.10 Å². The summed E-state index contributed by atoms with van der Waals surface area (Å²) in [6.07, 6.45) is 6.13. The Balaban J connectivity index is 1.15. The Morgan fingerprint density at radius 3 is 2.47 bits per heavy atom. The van der Waals surface area contributed by atoms with Gasteiger partial charge in [-0.3, -0.25) is 9.69 Å². The molecule has 160 valence electrons. The summed E-state index contributed by atoms with van der Waals surface area (Å²) in [6, 6.07) is 14.8. The fourth-order valence-corrected chi connectivity index (χ4v) is 4.98. The summed E-state index contributed by atoms with van der Waals surface area (Å²) in [5.41, 5.74) is 3.96. The topological polar surface area (TPSA) is 51.2 Å². The van der Waals surface area contributed by atoms with Crippen molar-refractivity contribution < 1.29 is 4.79 Å². The van der Waals surface area contributed by atoms with Crippen molar-refractivity contribution in [1.82, 2.24) is 10.3 Å². The van der Waals surface area contributed by atoms with Gasteiger partial charge in [0, 0.05) is 62.8 Å². The van der Waals surface area contributed by atoms with Crippen LogP contribution in [0.15, 0.2) is 47.6 Å². The Kier molecular flexibility index (Phi) is 7.37. The molecule has 7 heteroatoms. The average Bonchev–Trinajstić information content (AvgIpc) is 3.28. The zero-order valence-electron chi connectivity index (χ0n) is 17.5. The van der Waals surface area contributed by atoms with Crippen LogP contribution in [0.25, 0.3) is 0 Å². The number of carbonyl (C=O) groups is 1. The molecule has 0 saturated carbocycles. The number of anilines is 2. The molecule has 1 amide bonds. The number of amides is 1. The number of nitrogens with zero attached hydrogens (tertiary/aromatic N) is 4. The molecule has 1 N–H and O–H groups in total. The molecule has 0 unspecified atom stereocenters. The molecule has 2 fully saturated rings. The van der Waals surface area contributed by atoms with E-state index in [0.29, 0.717) is 6.42 Å². The van der Waals surface area contributed by atoms with Gasteiger partial charge in [-0.15, -0.1) is 11.3 Å².